The average Bonchev–Trinajstić information content (AvgIpc) is 2.71. The molecule has 1 unspecified atom stereocenters. The Hall–Kier alpha value is -1.39. The first kappa shape index (κ1) is 14.0. The third-order valence-electron chi connectivity index (χ3n) is 3.46. The smallest absolute Gasteiger partial charge is 0.0841 e. The topological polar surface area (TPSA) is 33.1 Å². The van der Waals surface area contributed by atoms with Crippen LogP contribution in [-0.4, -0.2) is 41.4 Å². The summed E-state index contributed by atoms with van der Waals surface area (Å²) in [5.74, 6) is 0. The van der Waals surface area contributed by atoms with Crippen molar-refractivity contribution in [1.29, 1.82) is 0 Å². The lowest BCUT2D eigenvalue weighted by Crippen LogP contribution is -2.29. The Morgan fingerprint density at radius 1 is 1.32 bits per heavy atom. The second-order valence-electron chi connectivity index (χ2n) is 5.46. The molecule has 0 aliphatic heterocycles. The minimum atomic E-state index is 0.503. The van der Waals surface area contributed by atoms with E-state index in [1.165, 1.54) is 10.9 Å². The van der Waals surface area contributed by atoms with Gasteiger partial charge in [0.25, 0.3) is 0 Å². The van der Waals surface area contributed by atoms with Crippen LogP contribution in [0.4, 0.5) is 0 Å². The summed E-state index contributed by atoms with van der Waals surface area (Å²) in [6.07, 6.45) is 1.15. The quantitative estimate of drug-likeness (QED) is 0.862. The molecule has 0 saturated heterocycles. The van der Waals surface area contributed by atoms with Crippen molar-refractivity contribution in [1.82, 2.24) is 20.0 Å². The molecule has 0 aliphatic rings. The van der Waals surface area contributed by atoms with Crippen molar-refractivity contribution in [3.05, 3.63) is 30.0 Å². The summed E-state index contributed by atoms with van der Waals surface area (Å²) in [5, 5.41) is 9.41. The molecular formula is C15H24N4. The molecule has 2 rings (SSSR count). The van der Waals surface area contributed by atoms with Crippen molar-refractivity contribution in [3.8, 4) is 0 Å². The second-order valence-corrected chi connectivity index (χ2v) is 5.46. The monoisotopic (exact) mass is 260 g/mol. The van der Waals surface area contributed by atoms with E-state index in [9.17, 15) is 0 Å². The summed E-state index contributed by atoms with van der Waals surface area (Å²) in [5.41, 5.74) is 2.33. The van der Waals surface area contributed by atoms with Gasteiger partial charge in [-0.25, -0.2) is 0 Å². The van der Waals surface area contributed by atoms with Gasteiger partial charge in [-0.3, -0.25) is 4.68 Å². The zero-order valence-corrected chi connectivity index (χ0v) is 12.3. The molecule has 0 spiro atoms. The van der Waals surface area contributed by atoms with Crippen LogP contribution in [0, 0.1) is 0 Å². The van der Waals surface area contributed by atoms with Crippen LogP contribution >= 0.6 is 0 Å². The minimum absolute atomic E-state index is 0.503. The highest BCUT2D eigenvalue weighted by atomic mass is 15.3. The molecule has 0 bridgehead atoms. The van der Waals surface area contributed by atoms with Crippen molar-refractivity contribution in [2.24, 2.45) is 7.05 Å². The summed E-state index contributed by atoms with van der Waals surface area (Å²) in [4.78, 5) is 2.22. The highest BCUT2D eigenvalue weighted by molar-refractivity contribution is 5.81. The number of aryl methyl sites for hydroxylation is 1. The summed E-state index contributed by atoms with van der Waals surface area (Å²) in [7, 11) is 6.22. The number of benzene rings is 1. The fourth-order valence-electron chi connectivity index (χ4n) is 2.24. The van der Waals surface area contributed by atoms with E-state index in [4.69, 9.17) is 0 Å². The van der Waals surface area contributed by atoms with Gasteiger partial charge in [-0.15, -0.1) is 0 Å². The molecular weight excluding hydrogens is 236 g/mol. The molecule has 0 aliphatic carbocycles. The predicted molar refractivity (Wildman–Crippen MR) is 80.2 cm³/mol. The Morgan fingerprint density at radius 2 is 2.05 bits per heavy atom. The predicted octanol–water partition coefficient (Wildman–Crippen LogP) is 2.00. The normalized spacial score (nSPS) is 13.3. The standard InChI is InChI=1S/C15H24N4/c1-12(9-10-18(2)3)16-11-14-13-7-5-6-8-15(13)19(4)17-14/h5-8,12,16H,9-11H2,1-4H3. The number of hydrogen-bond acceptors (Lipinski definition) is 3. The van der Waals surface area contributed by atoms with Gasteiger partial charge in [-0.1, -0.05) is 18.2 Å². The Kier molecular flexibility index (Phi) is 4.56. The summed E-state index contributed by atoms with van der Waals surface area (Å²) in [6.45, 7) is 4.17. The first-order valence-corrected chi connectivity index (χ1v) is 6.86. The summed E-state index contributed by atoms with van der Waals surface area (Å²) < 4.78 is 1.96. The minimum Gasteiger partial charge on any atom is -0.309 e. The van der Waals surface area contributed by atoms with Crippen molar-refractivity contribution >= 4 is 10.9 Å². The van der Waals surface area contributed by atoms with Crippen molar-refractivity contribution in [3.63, 3.8) is 0 Å². The number of hydrogen-bond donors (Lipinski definition) is 1. The van der Waals surface area contributed by atoms with Crippen LogP contribution in [0.15, 0.2) is 24.3 Å². The van der Waals surface area contributed by atoms with E-state index in [1.807, 2.05) is 11.7 Å². The number of fused-ring (bicyclic) bond motifs is 1. The third-order valence-corrected chi connectivity index (χ3v) is 3.46. The lowest BCUT2D eigenvalue weighted by Gasteiger charge is -2.16. The maximum Gasteiger partial charge on any atom is 0.0841 e. The van der Waals surface area contributed by atoms with Gasteiger partial charge in [0.15, 0.2) is 0 Å². The van der Waals surface area contributed by atoms with Crippen LogP contribution in [0.3, 0.4) is 0 Å². The van der Waals surface area contributed by atoms with Gasteiger partial charge in [-0.2, -0.15) is 5.10 Å². The Bertz CT molecular complexity index is 530. The molecule has 104 valence electrons. The van der Waals surface area contributed by atoms with E-state index in [2.05, 4.69) is 60.6 Å². The Morgan fingerprint density at radius 3 is 2.79 bits per heavy atom. The van der Waals surface area contributed by atoms with Gasteiger partial charge in [0.2, 0.25) is 0 Å². The van der Waals surface area contributed by atoms with Gasteiger partial charge < -0.3 is 10.2 Å². The molecule has 0 saturated carbocycles. The molecule has 1 aromatic carbocycles. The third kappa shape index (κ3) is 3.55. The highest BCUT2D eigenvalue weighted by Gasteiger charge is 2.09. The van der Waals surface area contributed by atoms with E-state index in [0.717, 1.165) is 25.2 Å². The zero-order valence-electron chi connectivity index (χ0n) is 12.3. The number of aromatic nitrogens is 2. The summed E-state index contributed by atoms with van der Waals surface area (Å²) >= 11 is 0. The number of rotatable bonds is 6. The molecule has 0 radical (unpaired) electrons. The molecule has 1 N–H and O–H groups in total. The van der Waals surface area contributed by atoms with Crippen molar-refractivity contribution in [2.75, 3.05) is 20.6 Å². The molecule has 1 atom stereocenters. The molecule has 2 aromatic rings. The first-order valence-electron chi connectivity index (χ1n) is 6.86. The van der Waals surface area contributed by atoms with Crippen LogP contribution in [-0.2, 0) is 13.6 Å². The average molecular weight is 260 g/mol. The van der Waals surface area contributed by atoms with E-state index in [-0.39, 0.29) is 0 Å². The fourth-order valence-corrected chi connectivity index (χ4v) is 2.24. The first-order chi connectivity index (χ1) is 9.08. The van der Waals surface area contributed by atoms with E-state index in [1.54, 1.807) is 0 Å². The number of nitrogens with one attached hydrogen (secondary N) is 1. The highest BCUT2D eigenvalue weighted by Crippen LogP contribution is 2.17. The maximum atomic E-state index is 4.60. The maximum absolute atomic E-state index is 4.60. The van der Waals surface area contributed by atoms with Crippen LogP contribution in [0.25, 0.3) is 10.9 Å². The molecule has 1 aromatic heterocycles. The van der Waals surface area contributed by atoms with Crippen LogP contribution < -0.4 is 5.32 Å². The van der Waals surface area contributed by atoms with Crippen LogP contribution in [0.5, 0.6) is 0 Å². The number of nitrogens with zero attached hydrogens (tertiary/aromatic N) is 3. The van der Waals surface area contributed by atoms with Gasteiger partial charge in [0, 0.05) is 25.0 Å². The van der Waals surface area contributed by atoms with E-state index >= 15 is 0 Å². The van der Waals surface area contributed by atoms with Crippen molar-refractivity contribution < 1.29 is 0 Å². The Labute approximate surface area is 115 Å². The molecule has 4 heteroatoms. The van der Waals surface area contributed by atoms with Crippen LogP contribution in [0.2, 0.25) is 0 Å². The molecule has 0 fully saturated rings. The SMILES string of the molecule is CC(CCN(C)C)NCc1nn(C)c2ccccc12. The second kappa shape index (κ2) is 6.17. The Balaban J connectivity index is 1.98. The molecule has 1 heterocycles. The van der Waals surface area contributed by atoms with E-state index in [0.29, 0.717) is 6.04 Å². The lowest BCUT2D eigenvalue weighted by atomic mass is 10.2. The van der Waals surface area contributed by atoms with E-state index < -0.39 is 0 Å². The van der Waals surface area contributed by atoms with Gasteiger partial charge >= 0.3 is 0 Å². The summed E-state index contributed by atoms with van der Waals surface area (Å²) in [6, 6.07) is 8.89. The number of para-hydroxylation sites is 1. The lowest BCUT2D eigenvalue weighted by molar-refractivity contribution is 0.365. The molecule has 19 heavy (non-hydrogen) atoms. The van der Waals surface area contributed by atoms with Crippen LogP contribution in [0.1, 0.15) is 19.0 Å². The fraction of sp³-hybridized carbons (Fsp3) is 0.533. The molecule has 4 nitrogen and oxygen atoms in total. The largest absolute Gasteiger partial charge is 0.309 e. The zero-order chi connectivity index (χ0) is 13.8. The van der Waals surface area contributed by atoms with Gasteiger partial charge in [0.1, 0.15) is 0 Å². The van der Waals surface area contributed by atoms with Gasteiger partial charge in [0.05, 0.1) is 11.2 Å². The molecule has 0 amide bonds. The van der Waals surface area contributed by atoms with Gasteiger partial charge in [-0.05, 0) is 40.1 Å². The van der Waals surface area contributed by atoms with Crippen molar-refractivity contribution in [2.45, 2.75) is 25.9 Å².